The molecule has 3 N–H and O–H groups in total. The topological polar surface area (TPSA) is 55.1 Å². The van der Waals surface area contributed by atoms with Crippen LogP contribution in [0.1, 0.15) is 44.6 Å². The molecular formula is C16H24N2O. The van der Waals surface area contributed by atoms with E-state index in [-0.39, 0.29) is 5.91 Å². The normalized spacial score (nSPS) is 26.9. The number of rotatable bonds is 4. The Balaban J connectivity index is 2.18. The highest BCUT2D eigenvalue weighted by Gasteiger charge is 2.40. The van der Waals surface area contributed by atoms with Crippen LogP contribution in [0.3, 0.4) is 0 Å². The third kappa shape index (κ3) is 2.91. The summed E-state index contributed by atoms with van der Waals surface area (Å²) in [5.41, 5.74) is 7.31. The van der Waals surface area contributed by atoms with Crippen LogP contribution in [-0.2, 0) is 4.79 Å². The lowest BCUT2D eigenvalue weighted by Gasteiger charge is -2.39. The molecule has 1 aromatic carbocycles. The van der Waals surface area contributed by atoms with E-state index < -0.39 is 5.54 Å². The van der Waals surface area contributed by atoms with Gasteiger partial charge in [0.05, 0.1) is 0 Å². The van der Waals surface area contributed by atoms with Gasteiger partial charge in [-0.25, -0.2) is 0 Å². The lowest BCUT2D eigenvalue weighted by atomic mass is 9.75. The van der Waals surface area contributed by atoms with Gasteiger partial charge < -0.3 is 11.1 Å². The number of nitrogens with one attached hydrogen (secondary N) is 1. The number of carbonyl (C=O) groups excluding carboxylic acids is 1. The molecule has 0 aliphatic heterocycles. The first-order chi connectivity index (χ1) is 9.07. The minimum Gasteiger partial charge on any atom is -0.371 e. The second-order valence-electron chi connectivity index (χ2n) is 5.74. The molecule has 0 unspecified atom stereocenters. The summed E-state index contributed by atoms with van der Waals surface area (Å²) in [6.07, 6.45) is 5.04. The number of hydrogen-bond donors (Lipinski definition) is 2. The summed E-state index contributed by atoms with van der Waals surface area (Å²) < 4.78 is 0. The monoisotopic (exact) mass is 260 g/mol. The number of anilines is 1. The van der Waals surface area contributed by atoms with E-state index in [1.54, 1.807) is 0 Å². The van der Waals surface area contributed by atoms with Crippen molar-refractivity contribution in [1.29, 1.82) is 0 Å². The molecule has 0 heterocycles. The van der Waals surface area contributed by atoms with Crippen molar-refractivity contribution in [2.24, 2.45) is 11.7 Å². The molecule has 1 aromatic rings. The quantitative estimate of drug-likeness (QED) is 0.873. The molecule has 3 heteroatoms. The largest absolute Gasteiger partial charge is 0.371 e. The lowest BCUT2D eigenvalue weighted by Crippen LogP contribution is -2.52. The molecule has 0 aromatic heterocycles. The van der Waals surface area contributed by atoms with Gasteiger partial charge in [0.15, 0.2) is 0 Å². The second kappa shape index (κ2) is 5.64. The van der Waals surface area contributed by atoms with E-state index in [2.05, 4.69) is 25.2 Å². The SMILES string of the molecule is CCC1CCC(Nc2ccccc2C)(C(N)=O)CC1. The fourth-order valence-electron chi connectivity index (χ4n) is 2.98. The summed E-state index contributed by atoms with van der Waals surface area (Å²) in [6, 6.07) is 8.06. The van der Waals surface area contributed by atoms with Crippen LogP contribution in [0.4, 0.5) is 5.69 Å². The van der Waals surface area contributed by atoms with Crippen LogP contribution in [0.2, 0.25) is 0 Å². The molecule has 0 saturated heterocycles. The molecular weight excluding hydrogens is 236 g/mol. The predicted molar refractivity (Wildman–Crippen MR) is 79.0 cm³/mol. The van der Waals surface area contributed by atoms with E-state index in [9.17, 15) is 4.79 Å². The number of carbonyl (C=O) groups is 1. The molecule has 1 aliphatic carbocycles. The summed E-state index contributed by atoms with van der Waals surface area (Å²) in [4.78, 5) is 11.9. The number of nitrogens with two attached hydrogens (primary N) is 1. The highest BCUT2D eigenvalue weighted by Crippen LogP contribution is 2.36. The third-order valence-electron chi connectivity index (χ3n) is 4.53. The zero-order chi connectivity index (χ0) is 13.9. The third-order valence-corrected chi connectivity index (χ3v) is 4.53. The van der Waals surface area contributed by atoms with Gasteiger partial charge in [-0.2, -0.15) is 0 Å². The van der Waals surface area contributed by atoms with Crippen molar-refractivity contribution < 1.29 is 4.79 Å². The van der Waals surface area contributed by atoms with E-state index in [0.29, 0.717) is 0 Å². The van der Waals surface area contributed by atoms with Crippen molar-refractivity contribution in [2.75, 3.05) is 5.32 Å². The van der Waals surface area contributed by atoms with Crippen molar-refractivity contribution in [3.8, 4) is 0 Å². The number of amides is 1. The van der Waals surface area contributed by atoms with E-state index in [4.69, 9.17) is 5.73 Å². The van der Waals surface area contributed by atoms with Gasteiger partial charge in [0.2, 0.25) is 5.91 Å². The summed E-state index contributed by atoms with van der Waals surface area (Å²) in [5, 5.41) is 3.43. The van der Waals surface area contributed by atoms with Crippen LogP contribution in [0.25, 0.3) is 0 Å². The van der Waals surface area contributed by atoms with Crippen LogP contribution in [0.5, 0.6) is 0 Å². The molecule has 0 atom stereocenters. The molecule has 2 rings (SSSR count). The Hall–Kier alpha value is -1.51. The summed E-state index contributed by atoms with van der Waals surface area (Å²) >= 11 is 0. The van der Waals surface area contributed by atoms with Gasteiger partial charge in [0.1, 0.15) is 5.54 Å². The van der Waals surface area contributed by atoms with Crippen LogP contribution >= 0.6 is 0 Å². The fourth-order valence-corrected chi connectivity index (χ4v) is 2.98. The van der Waals surface area contributed by atoms with E-state index >= 15 is 0 Å². The summed E-state index contributed by atoms with van der Waals surface area (Å²) in [7, 11) is 0. The van der Waals surface area contributed by atoms with Crippen LogP contribution in [0.15, 0.2) is 24.3 Å². The molecule has 0 spiro atoms. The van der Waals surface area contributed by atoms with Gasteiger partial charge in [-0.3, -0.25) is 4.79 Å². The molecule has 0 bridgehead atoms. The lowest BCUT2D eigenvalue weighted by molar-refractivity contribution is -0.123. The Morgan fingerprint density at radius 2 is 2.00 bits per heavy atom. The Morgan fingerprint density at radius 1 is 1.37 bits per heavy atom. The second-order valence-corrected chi connectivity index (χ2v) is 5.74. The summed E-state index contributed by atoms with van der Waals surface area (Å²) in [5.74, 6) is 0.524. The highest BCUT2D eigenvalue weighted by atomic mass is 16.1. The maximum atomic E-state index is 11.9. The van der Waals surface area contributed by atoms with E-state index in [1.807, 2.05) is 18.2 Å². The van der Waals surface area contributed by atoms with Crippen LogP contribution < -0.4 is 11.1 Å². The first-order valence-corrected chi connectivity index (χ1v) is 7.21. The molecule has 1 saturated carbocycles. The van der Waals surface area contributed by atoms with Gasteiger partial charge in [-0.05, 0) is 50.2 Å². The van der Waals surface area contributed by atoms with Crippen LogP contribution in [0, 0.1) is 12.8 Å². The fraction of sp³-hybridized carbons (Fsp3) is 0.562. The van der Waals surface area contributed by atoms with Crippen LogP contribution in [-0.4, -0.2) is 11.4 Å². The molecule has 104 valence electrons. The standard InChI is InChI=1S/C16H24N2O/c1-3-13-8-10-16(11-9-13,15(17)19)18-14-7-5-4-6-12(14)2/h4-7,13,18H,3,8-11H2,1-2H3,(H2,17,19). The maximum absolute atomic E-state index is 11.9. The van der Waals surface area contributed by atoms with Gasteiger partial charge >= 0.3 is 0 Å². The maximum Gasteiger partial charge on any atom is 0.243 e. The number of benzene rings is 1. The number of primary amides is 1. The van der Waals surface area contributed by atoms with Crippen molar-refractivity contribution >= 4 is 11.6 Å². The minimum atomic E-state index is -0.558. The van der Waals surface area contributed by atoms with Gasteiger partial charge in [0.25, 0.3) is 0 Å². The van der Waals surface area contributed by atoms with Gasteiger partial charge in [-0.15, -0.1) is 0 Å². The first-order valence-electron chi connectivity index (χ1n) is 7.21. The van der Waals surface area contributed by atoms with Crippen molar-refractivity contribution in [3.63, 3.8) is 0 Å². The first kappa shape index (κ1) is 13.9. The molecule has 0 radical (unpaired) electrons. The number of aryl methyl sites for hydroxylation is 1. The van der Waals surface area contributed by atoms with E-state index in [0.717, 1.165) is 42.9 Å². The Labute approximate surface area is 115 Å². The Morgan fingerprint density at radius 3 is 2.53 bits per heavy atom. The number of hydrogen-bond acceptors (Lipinski definition) is 2. The predicted octanol–water partition coefficient (Wildman–Crippen LogP) is 3.23. The minimum absolute atomic E-state index is 0.217. The molecule has 1 aliphatic rings. The van der Waals surface area contributed by atoms with Crippen molar-refractivity contribution in [3.05, 3.63) is 29.8 Å². The van der Waals surface area contributed by atoms with Gasteiger partial charge in [0, 0.05) is 5.69 Å². The Kier molecular flexibility index (Phi) is 4.13. The molecule has 3 nitrogen and oxygen atoms in total. The average Bonchev–Trinajstić information content (AvgIpc) is 2.42. The smallest absolute Gasteiger partial charge is 0.243 e. The molecule has 19 heavy (non-hydrogen) atoms. The molecule has 1 amide bonds. The summed E-state index contributed by atoms with van der Waals surface area (Å²) in [6.45, 7) is 4.27. The van der Waals surface area contributed by atoms with Crippen molar-refractivity contribution in [2.45, 2.75) is 51.5 Å². The van der Waals surface area contributed by atoms with Crippen molar-refractivity contribution in [1.82, 2.24) is 0 Å². The zero-order valence-corrected chi connectivity index (χ0v) is 11.9. The van der Waals surface area contributed by atoms with Gasteiger partial charge in [-0.1, -0.05) is 31.5 Å². The highest BCUT2D eigenvalue weighted by molar-refractivity contribution is 5.88. The average molecular weight is 260 g/mol. The molecule has 1 fully saturated rings. The van der Waals surface area contributed by atoms with E-state index in [1.165, 1.54) is 6.42 Å². The zero-order valence-electron chi connectivity index (χ0n) is 11.9. The number of para-hydroxylation sites is 1. The Bertz CT molecular complexity index is 448.